The second kappa shape index (κ2) is 37.5. The molecule has 0 spiro atoms. The smallest absolute Gasteiger partial charge is 0.305 e. The molecule has 304 valence electrons. The number of nitrogens with zero attached hydrogens (tertiary/aromatic N) is 1. The highest BCUT2D eigenvalue weighted by atomic mass is 16.5. The molecule has 0 aromatic heterocycles. The van der Waals surface area contributed by atoms with Gasteiger partial charge in [-0.2, -0.15) is 0 Å². The summed E-state index contributed by atoms with van der Waals surface area (Å²) in [4.78, 5) is 14.6. The van der Waals surface area contributed by atoms with Crippen LogP contribution in [0.4, 0.5) is 0 Å². The Hall–Kier alpha value is -1.77. The molecule has 52 heavy (non-hydrogen) atoms. The van der Waals surface area contributed by atoms with Crippen LogP contribution in [0.25, 0.3) is 0 Å². The first kappa shape index (κ1) is 50.2. The van der Waals surface area contributed by atoms with E-state index in [0.717, 1.165) is 77.0 Å². The van der Waals surface area contributed by atoms with Gasteiger partial charge in [0, 0.05) is 24.9 Å². The zero-order valence-electron chi connectivity index (χ0n) is 35.6. The standard InChI is InChI=1S/C48H89NO3/c1-8-13-15-17-19-20-21-22-26-30-34-47(50)39-38-46(37-36-44(7)49(40-10-3)41-11-4)43(6)32-28-24-23-27-31-35-48(51)52-42-45(12-5)33-29-25-18-16-14-9-2/h11,40-41,44-47,50H,3,6,8-9,12-39,42H2,1-2,4-5,7H3/b41-11-. The van der Waals surface area contributed by atoms with E-state index in [4.69, 9.17) is 4.74 Å². The first-order chi connectivity index (χ1) is 25.3. The lowest BCUT2D eigenvalue weighted by Gasteiger charge is -2.27. The third kappa shape index (κ3) is 30.7. The van der Waals surface area contributed by atoms with Crippen molar-refractivity contribution < 1.29 is 14.6 Å². The number of aliphatic hydroxyl groups is 1. The molecule has 0 rings (SSSR count). The Morgan fingerprint density at radius 2 is 1.19 bits per heavy atom. The van der Waals surface area contributed by atoms with Crippen LogP contribution in [0.3, 0.4) is 0 Å². The lowest BCUT2D eigenvalue weighted by atomic mass is 9.85. The van der Waals surface area contributed by atoms with Gasteiger partial charge >= 0.3 is 5.97 Å². The Labute approximate surface area is 325 Å². The number of unbranched alkanes of at least 4 members (excludes halogenated alkanes) is 18. The minimum atomic E-state index is -0.204. The van der Waals surface area contributed by atoms with Crippen molar-refractivity contribution >= 4 is 5.97 Å². The average molecular weight is 728 g/mol. The van der Waals surface area contributed by atoms with E-state index >= 15 is 0 Å². The molecule has 0 bridgehead atoms. The SMILES string of the molecule is C=C=CN(/C=C\C)C(C)CCC(CCC(O)CCCCCCCCCCCC)C(=C)CCCCCCCC(=O)OCC(CC)CCCCCCCC. The van der Waals surface area contributed by atoms with Crippen molar-refractivity contribution in [3.63, 3.8) is 0 Å². The van der Waals surface area contributed by atoms with Crippen molar-refractivity contribution in [2.75, 3.05) is 6.61 Å². The highest BCUT2D eigenvalue weighted by Gasteiger charge is 2.18. The minimum absolute atomic E-state index is 0.0150. The normalized spacial score (nSPS) is 13.8. The molecule has 0 saturated heterocycles. The summed E-state index contributed by atoms with van der Waals surface area (Å²) < 4.78 is 5.67. The quantitative estimate of drug-likeness (QED) is 0.0296. The van der Waals surface area contributed by atoms with Crippen LogP contribution in [0.15, 0.2) is 42.9 Å². The van der Waals surface area contributed by atoms with Gasteiger partial charge in [-0.3, -0.25) is 4.79 Å². The van der Waals surface area contributed by atoms with Crippen LogP contribution in [0, 0.1) is 11.8 Å². The number of carbonyl (C=O) groups is 1. The molecule has 4 heteroatoms. The van der Waals surface area contributed by atoms with Crippen LogP contribution in [-0.4, -0.2) is 34.7 Å². The molecule has 0 heterocycles. The van der Waals surface area contributed by atoms with Crippen LogP contribution in [0.1, 0.15) is 227 Å². The Morgan fingerprint density at radius 1 is 0.692 bits per heavy atom. The van der Waals surface area contributed by atoms with Crippen LogP contribution >= 0.6 is 0 Å². The summed E-state index contributed by atoms with van der Waals surface area (Å²) in [6.45, 7) is 20.0. The van der Waals surface area contributed by atoms with E-state index < -0.39 is 0 Å². The summed E-state index contributed by atoms with van der Waals surface area (Å²) in [6, 6.07) is 0.359. The van der Waals surface area contributed by atoms with E-state index in [1.54, 1.807) is 0 Å². The summed E-state index contributed by atoms with van der Waals surface area (Å²) in [5, 5.41) is 10.9. The van der Waals surface area contributed by atoms with Gasteiger partial charge in [0.15, 0.2) is 0 Å². The van der Waals surface area contributed by atoms with Gasteiger partial charge in [0.1, 0.15) is 0 Å². The molecule has 0 aromatic rings. The van der Waals surface area contributed by atoms with Crippen molar-refractivity contribution in [1.82, 2.24) is 4.90 Å². The lowest BCUT2D eigenvalue weighted by Crippen LogP contribution is -2.24. The monoisotopic (exact) mass is 728 g/mol. The lowest BCUT2D eigenvalue weighted by molar-refractivity contribution is -0.145. The number of carbonyl (C=O) groups excluding carboxylic acids is 1. The molecule has 0 aliphatic heterocycles. The summed E-state index contributed by atoms with van der Waals surface area (Å²) >= 11 is 0. The molecular weight excluding hydrogens is 639 g/mol. The van der Waals surface area contributed by atoms with Gasteiger partial charge < -0.3 is 14.7 Å². The van der Waals surface area contributed by atoms with Crippen molar-refractivity contribution in [2.24, 2.45) is 11.8 Å². The molecule has 1 N–H and O–H groups in total. The van der Waals surface area contributed by atoms with Gasteiger partial charge in [0.25, 0.3) is 0 Å². The third-order valence-electron chi connectivity index (χ3n) is 11.2. The highest BCUT2D eigenvalue weighted by molar-refractivity contribution is 5.69. The van der Waals surface area contributed by atoms with E-state index in [9.17, 15) is 9.90 Å². The van der Waals surface area contributed by atoms with E-state index in [0.29, 0.717) is 30.9 Å². The Balaban J connectivity index is 4.51. The van der Waals surface area contributed by atoms with Gasteiger partial charge in [-0.15, -0.1) is 5.73 Å². The number of hydrogen-bond acceptors (Lipinski definition) is 4. The molecule has 0 fully saturated rings. The highest BCUT2D eigenvalue weighted by Crippen LogP contribution is 2.29. The maximum absolute atomic E-state index is 12.4. The third-order valence-corrected chi connectivity index (χ3v) is 11.2. The fraction of sp³-hybridized carbons (Fsp3) is 0.833. The first-order valence-electron chi connectivity index (χ1n) is 22.6. The zero-order valence-corrected chi connectivity index (χ0v) is 35.6. The molecule has 0 saturated carbocycles. The van der Waals surface area contributed by atoms with E-state index in [1.807, 2.05) is 13.1 Å². The number of aliphatic hydroxyl groups excluding tert-OH is 1. The average Bonchev–Trinajstić information content (AvgIpc) is 3.14. The van der Waals surface area contributed by atoms with E-state index in [-0.39, 0.29) is 12.1 Å². The topological polar surface area (TPSA) is 49.8 Å². The van der Waals surface area contributed by atoms with Crippen molar-refractivity contribution in [2.45, 2.75) is 239 Å². The number of ether oxygens (including phenoxy) is 1. The van der Waals surface area contributed by atoms with Gasteiger partial charge in [-0.1, -0.05) is 174 Å². The van der Waals surface area contributed by atoms with Crippen molar-refractivity contribution in [1.29, 1.82) is 0 Å². The largest absolute Gasteiger partial charge is 0.465 e. The summed E-state index contributed by atoms with van der Waals surface area (Å²) in [5.74, 6) is 0.936. The zero-order chi connectivity index (χ0) is 38.5. The molecule has 0 aliphatic carbocycles. The number of rotatable bonds is 39. The van der Waals surface area contributed by atoms with Crippen LogP contribution < -0.4 is 0 Å². The minimum Gasteiger partial charge on any atom is -0.465 e. The maximum atomic E-state index is 12.4. The van der Waals surface area contributed by atoms with Crippen molar-refractivity contribution in [3.8, 4) is 0 Å². The predicted molar refractivity (Wildman–Crippen MR) is 228 cm³/mol. The second-order valence-corrected chi connectivity index (χ2v) is 16.0. The summed E-state index contributed by atoms with van der Waals surface area (Å²) in [7, 11) is 0. The van der Waals surface area contributed by atoms with Crippen LogP contribution in [0.5, 0.6) is 0 Å². The van der Waals surface area contributed by atoms with E-state index in [2.05, 4.69) is 63.8 Å². The molecule has 0 radical (unpaired) electrons. The van der Waals surface area contributed by atoms with Gasteiger partial charge in [-0.05, 0) is 83.5 Å². The molecule has 0 aromatic carbocycles. The Morgan fingerprint density at radius 3 is 1.73 bits per heavy atom. The predicted octanol–water partition coefficient (Wildman–Crippen LogP) is 15.0. The van der Waals surface area contributed by atoms with Crippen molar-refractivity contribution in [3.05, 3.63) is 42.9 Å². The second-order valence-electron chi connectivity index (χ2n) is 16.0. The molecule has 4 unspecified atom stereocenters. The summed E-state index contributed by atoms with van der Waals surface area (Å²) in [5.41, 5.74) is 4.29. The Bertz CT molecular complexity index is 890. The Kier molecular flexibility index (Phi) is 36.3. The van der Waals surface area contributed by atoms with Gasteiger partial charge in [-0.25, -0.2) is 0 Å². The fourth-order valence-corrected chi connectivity index (χ4v) is 7.40. The number of esters is 1. The molecular formula is C48H89NO3. The number of allylic oxidation sites excluding steroid dienone is 2. The van der Waals surface area contributed by atoms with E-state index in [1.165, 1.54) is 115 Å². The van der Waals surface area contributed by atoms with Gasteiger partial charge in [0.05, 0.1) is 12.7 Å². The molecule has 4 nitrogen and oxygen atoms in total. The molecule has 0 amide bonds. The summed E-state index contributed by atoms with van der Waals surface area (Å²) in [6.07, 6.45) is 41.4. The van der Waals surface area contributed by atoms with Crippen LogP contribution in [0.2, 0.25) is 0 Å². The fourth-order valence-electron chi connectivity index (χ4n) is 7.40. The maximum Gasteiger partial charge on any atom is 0.305 e. The molecule has 0 aliphatic rings. The first-order valence-corrected chi connectivity index (χ1v) is 22.6. The van der Waals surface area contributed by atoms with Crippen LogP contribution in [-0.2, 0) is 9.53 Å². The molecule has 4 atom stereocenters. The number of hydrogen-bond donors (Lipinski definition) is 1. The van der Waals surface area contributed by atoms with Gasteiger partial charge in [0.2, 0.25) is 0 Å².